The van der Waals surface area contributed by atoms with Gasteiger partial charge in [-0.1, -0.05) is 0 Å². The number of hydrogen-bond acceptors (Lipinski definition) is 5. The average molecular weight is 222 g/mol. The number of aliphatic hydroxyl groups is 2. The van der Waals surface area contributed by atoms with E-state index in [9.17, 15) is 10.2 Å². The van der Waals surface area contributed by atoms with Crippen LogP contribution in [0.5, 0.6) is 0 Å². The number of aliphatic hydroxyl groups excluding tert-OH is 2. The van der Waals surface area contributed by atoms with Crippen molar-refractivity contribution in [3.63, 3.8) is 0 Å². The number of hydrogen-bond donors (Lipinski definition) is 4. The molecule has 0 spiro atoms. The van der Waals surface area contributed by atoms with Crippen LogP contribution in [0.2, 0.25) is 0 Å². The van der Waals surface area contributed by atoms with Crippen LogP contribution in [-0.4, -0.2) is 46.3 Å². The summed E-state index contributed by atoms with van der Waals surface area (Å²) in [5, 5.41) is 26.0. The van der Waals surface area contributed by atoms with Crippen molar-refractivity contribution in [3.8, 4) is 0 Å². The fraction of sp³-hybridized carbons (Fsp3) is 0.400. The van der Waals surface area contributed by atoms with Crippen molar-refractivity contribution in [2.45, 2.75) is 12.2 Å². The molecule has 16 heavy (non-hydrogen) atoms. The van der Waals surface area contributed by atoms with E-state index >= 15 is 0 Å². The Hall–Kier alpha value is -1.66. The number of aromatic nitrogens is 1. The van der Waals surface area contributed by atoms with Gasteiger partial charge in [0.25, 0.3) is 0 Å². The molecule has 1 fully saturated rings. The maximum Gasteiger partial charge on any atom is 0.141 e. The van der Waals surface area contributed by atoms with Crippen LogP contribution in [0.1, 0.15) is 5.69 Å². The number of β-amino-alcohol motifs (C(OH)–C–C–N with tert-alkyl or cyclic N) is 2. The first-order chi connectivity index (χ1) is 7.58. The zero-order valence-corrected chi connectivity index (χ0v) is 8.67. The van der Waals surface area contributed by atoms with Crippen molar-refractivity contribution >= 4 is 11.5 Å². The summed E-state index contributed by atoms with van der Waals surface area (Å²) in [4.78, 5) is 5.86. The summed E-state index contributed by atoms with van der Waals surface area (Å²) in [5.41, 5.74) is 6.52. The molecule has 2 unspecified atom stereocenters. The topological polar surface area (TPSA) is 106 Å². The Bertz CT molecular complexity index is 382. The lowest BCUT2D eigenvalue weighted by Gasteiger charge is -2.17. The van der Waals surface area contributed by atoms with E-state index in [2.05, 4.69) is 4.98 Å². The van der Waals surface area contributed by atoms with E-state index in [1.165, 1.54) is 0 Å². The predicted molar refractivity (Wildman–Crippen MR) is 59.5 cm³/mol. The summed E-state index contributed by atoms with van der Waals surface area (Å²) in [7, 11) is 0. The Morgan fingerprint density at radius 3 is 2.44 bits per heavy atom. The van der Waals surface area contributed by atoms with Crippen molar-refractivity contribution in [2.24, 2.45) is 5.73 Å². The summed E-state index contributed by atoms with van der Waals surface area (Å²) >= 11 is 0. The lowest BCUT2D eigenvalue weighted by molar-refractivity contribution is 0.0572. The maximum absolute atomic E-state index is 9.41. The Balaban J connectivity index is 2.14. The molecule has 2 heterocycles. The fourth-order valence-electron chi connectivity index (χ4n) is 1.71. The van der Waals surface area contributed by atoms with Gasteiger partial charge >= 0.3 is 0 Å². The Kier molecular flexibility index (Phi) is 2.76. The molecule has 6 nitrogen and oxygen atoms in total. The van der Waals surface area contributed by atoms with Crippen LogP contribution in [0.4, 0.5) is 5.69 Å². The van der Waals surface area contributed by atoms with Gasteiger partial charge in [-0.3, -0.25) is 10.4 Å². The third kappa shape index (κ3) is 1.98. The van der Waals surface area contributed by atoms with Gasteiger partial charge in [0.05, 0.1) is 24.1 Å². The summed E-state index contributed by atoms with van der Waals surface area (Å²) in [6.45, 7) is 0.782. The molecule has 0 saturated carbocycles. The summed E-state index contributed by atoms with van der Waals surface area (Å²) < 4.78 is 0. The maximum atomic E-state index is 9.41. The van der Waals surface area contributed by atoms with Crippen LogP contribution >= 0.6 is 0 Å². The van der Waals surface area contributed by atoms with Gasteiger partial charge in [0.2, 0.25) is 0 Å². The highest BCUT2D eigenvalue weighted by Crippen LogP contribution is 2.19. The highest BCUT2D eigenvalue weighted by Gasteiger charge is 2.29. The second-order valence-electron chi connectivity index (χ2n) is 3.85. The van der Waals surface area contributed by atoms with Crippen molar-refractivity contribution in [2.75, 3.05) is 18.0 Å². The lowest BCUT2D eigenvalue weighted by Crippen LogP contribution is -2.22. The molecule has 1 aliphatic rings. The van der Waals surface area contributed by atoms with Gasteiger partial charge in [-0.05, 0) is 12.1 Å². The van der Waals surface area contributed by atoms with Gasteiger partial charge in [0.1, 0.15) is 11.5 Å². The third-order valence-corrected chi connectivity index (χ3v) is 2.65. The molecule has 1 aliphatic heterocycles. The molecule has 0 aliphatic carbocycles. The van der Waals surface area contributed by atoms with Gasteiger partial charge in [-0.15, -0.1) is 0 Å². The lowest BCUT2D eigenvalue weighted by atomic mass is 10.3. The van der Waals surface area contributed by atoms with E-state index in [1.807, 2.05) is 4.90 Å². The zero-order chi connectivity index (χ0) is 11.7. The van der Waals surface area contributed by atoms with Crippen LogP contribution in [0.25, 0.3) is 0 Å². The number of nitrogens with two attached hydrogens (primary N) is 1. The fourth-order valence-corrected chi connectivity index (χ4v) is 1.71. The second-order valence-corrected chi connectivity index (χ2v) is 3.85. The molecule has 1 aromatic rings. The number of nitrogens with zero attached hydrogens (tertiary/aromatic N) is 2. The Morgan fingerprint density at radius 1 is 1.38 bits per heavy atom. The number of pyridine rings is 1. The average Bonchev–Trinajstić information content (AvgIpc) is 2.59. The molecule has 0 bridgehead atoms. The van der Waals surface area contributed by atoms with Crippen molar-refractivity contribution < 1.29 is 10.2 Å². The van der Waals surface area contributed by atoms with E-state index in [1.54, 1.807) is 18.3 Å². The van der Waals surface area contributed by atoms with Crippen LogP contribution in [0, 0.1) is 5.41 Å². The molecule has 2 rings (SSSR count). The number of nitrogen functional groups attached to an aromatic ring is 1. The highest BCUT2D eigenvalue weighted by atomic mass is 16.3. The molecular formula is C10H14N4O2. The Morgan fingerprint density at radius 2 is 2.00 bits per heavy atom. The van der Waals surface area contributed by atoms with Gasteiger partial charge in [-0.25, -0.2) is 0 Å². The van der Waals surface area contributed by atoms with E-state index in [0.29, 0.717) is 18.8 Å². The van der Waals surface area contributed by atoms with Crippen molar-refractivity contribution in [3.05, 3.63) is 24.0 Å². The smallest absolute Gasteiger partial charge is 0.141 e. The van der Waals surface area contributed by atoms with E-state index in [-0.39, 0.29) is 5.84 Å². The largest absolute Gasteiger partial charge is 0.389 e. The quantitative estimate of drug-likeness (QED) is 0.375. The molecule has 5 N–H and O–H groups in total. The molecule has 1 saturated heterocycles. The first-order valence-electron chi connectivity index (χ1n) is 4.99. The number of rotatable bonds is 2. The monoisotopic (exact) mass is 222 g/mol. The summed E-state index contributed by atoms with van der Waals surface area (Å²) in [5.74, 6) is -0.0759. The molecule has 0 aromatic carbocycles. The SMILES string of the molecule is N=C(N)c1ccc(N2CC(O)C(O)C2)cn1. The molecule has 0 radical (unpaired) electrons. The van der Waals surface area contributed by atoms with E-state index in [4.69, 9.17) is 11.1 Å². The number of amidine groups is 1. The van der Waals surface area contributed by atoms with E-state index in [0.717, 1.165) is 5.69 Å². The number of anilines is 1. The van der Waals surface area contributed by atoms with Crippen molar-refractivity contribution in [1.82, 2.24) is 4.98 Å². The summed E-state index contributed by atoms with van der Waals surface area (Å²) in [6, 6.07) is 3.42. The van der Waals surface area contributed by atoms with Crippen LogP contribution in [0.3, 0.4) is 0 Å². The molecule has 2 atom stereocenters. The minimum absolute atomic E-state index is 0.0759. The predicted octanol–water partition coefficient (Wildman–Crippen LogP) is -1.09. The van der Waals surface area contributed by atoms with Gasteiger partial charge in [0, 0.05) is 13.1 Å². The molecule has 86 valence electrons. The Labute approximate surface area is 92.8 Å². The van der Waals surface area contributed by atoms with E-state index < -0.39 is 12.2 Å². The molecular weight excluding hydrogens is 208 g/mol. The minimum atomic E-state index is -0.715. The summed E-state index contributed by atoms with van der Waals surface area (Å²) in [6.07, 6.45) is 0.154. The second kappa shape index (κ2) is 4.07. The zero-order valence-electron chi connectivity index (χ0n) is 8.67. The van der Waals surface area contributed by atoms with Crippen LogP contribution in [0.15, 0.2) is 18.3 Å². The third-order valence-electron chi connectivity index (χ3n) is 2.65. The molecule has 0 amide bonds. The van der Waals surface area contributed by atoms with Gasteiger partial charge in [-0.2, -0.15) is 0 Å². The van der Waals surface area contributed by atoms with Crippen LogP contribution in [-0.2, 0) is 0 Å². The van der Waals surface area contributed by atoms with Gasteiger partial charge in [0.15, 0.2) is 0 Å². The first kappa shape index (κ1) is 10.8. The number of nitrogens with one attached hydrogen (secondary N) is 1. The highest BCUT2D eigenvalue weighted by molar-refractivity contribution is 5.93. The first-order valence-corrected chi connectivity index (χ1v) is 4.99. The molecule has 6 heteroatoms. The standard InChI is InChI=1S/C10H14N4O2/c11-10(12)7-2-1-6(3-13-7)14-4-8(15)9(16)5-14/h1-3,8-9,15-16H,4-5H2,(H3,11,12). The minimum Gasteiger partial charge on any atom is -0.389 e. The molecule has 1 aromatic heterocycles. The van der Waals surface area contributed by atoms with Gasteiger partial charge < -0.3 is 20.8 Å². The van der Waals surface area contributed by atoms with Crippen molar-refractivity contribution in [1.29, 1.82) is 5.41 Å². The normalized spacial score (nSPS) is 24.8. The van der Waals surface area contributed by atoms with Crippen LogP contribution < -0.4 is 10.6 Å².